The maximum atomic E-state index is 12.5. The first-order chi connectivity index (χ1) is 11.7. The number of aliphatic hydroxyl groups is 1. The Morgan fingerprint density at radius 1 is 1.17 bits per heavy atom. The maximum absolute atomic E-state index is 12.5. The molecule has 2 aromatic carbocycles. The molecule has 3 aromatic rings. The van der Waals surface area contributed by atoms with Gasteiger partial charge in [0.05, 0.1) is 17.8 Å². The summed E-state index contributed by atoms with van der Waals surface area (Å²) in [6, 6.07) is 14.5. The fraction of sp³-hybridized carbons (Fsp3) is 0.167. The van der Waals surface area contributed by atoms with Gasteiger partial charge in [-0.25, -0.2) is 9.67 Å². The molecule has 6 heteroatoms. The van der Waals surface area contributed by atoms with Crippen LogP contribution in [0.2, 0.25) is 0 Å². The zero-order valence-electron chi connectivity index (χ0n) is 12.8. The van der Waals surface area contributed by atoms with Crippen LogP contribution in [0.1, 0.15) is 27.5 Å². The monoisotopic (exact) mass is 320 g/mol. The zero-order valence-corrected chi connectivity index (χ0v) is 12.8. The predicted octanol–water partition coefficient (Wildman–Crippen LogP) is 1.66. The maximum Gasteiger partial charge on any atom is 0.251 e. The lowest BCUT2D eigenvalue weighted by atomic mass is 10.1. The Bertz CT molecular complexity index is 859. The van der Waals surface area contributed by atoms with Crippen LogP contribution in [0.5, 0.6) is 0 Å². The molecular formula is C18H16N4O2. The molecule has 0 saturated heterocycles. The van der Waals surface area contributed by atoms with E-state index in [2.05, 4.69) is 15.4 Å². The van der Waals surface area contributed by atoms with E-state index in [0.717, 1.165) is 16.8 Å². The highest BCUT2D eigenvalue weighted by molar-refractivity contribution is 5.94. The fourth-order valence-corrected chi connectivity index (χ4v) is 3.08. The number of carbonyl (C=O) groups is 1. The van der Waals surface area contributed by atoms with Gasteiger partial charge in [0.2, 0.25) is 0 Å². The third-order valence-electron chi connectivity index (χ3n) is 4.30. The number of hydrogen-bond donors (Lipinski definition) is 2. The summed E-state index contributed by atoms with van der Waals surface area (Å²) in [4.78, 5) is 16.4. The van der Waals surface area contributed by atoms with Crippen molar-refractivity contribution < 1.29 is 9.90 Å². The number of amides is 1. The summed E-state index contributed by atoms with van der Waals surface area (Å²) < 4.78 is 1.62. The summed E-state index contributed by atoms with van der Waals surface area (Å²) in [5.41, 5.74) is 3.43. The van der Waals surface area contributed by atoms with Gasteiger partial charge in [0, 0.05) is 12.0 Å². The van der Waals surface area contributed by atoms with Crippen LogP contribution in [-0.4, -0.2) is 31.9 Å². The topological polar surface area (TPSA) is 80.0 Å². The quantitative estimate of drug-likeness (QED) is 0.769. The van der Waals surface area contributed by atoms with Gasteiger partial charge in [-0.15, -0.1) is 0 Å². The van der Waals surface area contributed by atoms with Crippen LogP contribution in [0, 0.1) is 0 Å². The van der Waals surface area contributed by atoms with E-state index < -0.39 is 6.10 Å². The molecule has 1 heterocycles. The summed E-state index contributed by atoms with van der Waals surface area (Å²) >= 11 is 0. The second-order valence-corrected chi connectivity index (χ2v) is 5.81. The Morgan fingerprint density at radius 3 is 2.71 bits per heavy atom. The van der Waals surface area contributed by atoms with Crippen molar-refractivity contribution in [2.75, 3.05) is 0 Å². The molecule has 2 N–H and O–H groups in total. The lowest BCUT2D eigenvalue weighted by molar-refractivity contribution is 0.0858. The second-order valence-electron chi connectivity index (χ2n) is 5.81. The van der Waals surface area contributed by atoms with Gasteiger partial charge in [-0.3, -0.25) is 4.79 Å². The number of aliphatic hydroxyl groups excluding tert-OH is 1. The van der Waals surface area contributed by atoms with Gasteiger partial charge in [-0.1, -0.05) is 24.3 Å². The van der Waals surface area contributed by atoms with Gasteiger partial charge in [-0.05, 0) is 35.4 Å². The van der Waals surface area contributed by atoms with Crippen molar-refractivity contribution >= 4 is 5.91 Å². The van der Waals surface area contributed by atoms with Crippen molar-refractivity contribution in [2.24, 2.45) is 0 Å². The number of rotatable bonds is 3. The third kappa shape index (κ3) is 2.57. The van der Waals surface area contributed by atoms with Crippen LogP contribution >= 0.6 is 0 Å². The molecule has 1 aromatic heterocycles. The molecule has 0 spiro atoms. The van der Waals surface area contributed by atoms with Crippen LogP contribution in [-0.2, 0) is 6.42 Å². The van der Waals surface area contributed by atoms with E-state index >= 15 is 0 Å². The Morgan fingerprint density at radius 2 is 1.96 bits per heavy atom. The van der Waals surface area contributed by atoms with E-state index in [9.17, 15) is 9.90 Å². The van der Waals surface area contributed by atoms with Crippen molar-refractivity contribution in [1.29, 1.82) is 0 Å². The number of fused-ring (bicyclic) bond motifs is 1. The summed E-state index contributed by atoms with van der Waals surface area (Å²) in [6.07, 6.45) is 3.02. The van der Waals surface area contributed by atoms with Crippen molar-refractivity contribution in [1.82, 2.24) is 20.1 Å². The van der Waals surface area contributed by atoms with Gasteiger partial charge in [0.25, 0.3) is 5.91 Å². The minimum Gasteiger partial charge on any atom is -0.390 e. The first-order valence-electron chi connectivity index (χ1n) is 7.74. The van der Waals surface area contributed by atoms with Gasteiger partial charge < -0.3 is 10.4 Å². The number of hydrogen-bond acceptors (Lipinski definition) is 4. The molecule has 24 heavy (non-hydrogen) atoms. The molecule has 1 aliphatic carbocycles. The molecule has 0 saturated carbocycles. The Kier molecular flexibility index (Phi) is 3.59. The lowest BCUT2D eigenvalue weighted by Crippen LogP contribution is -2.33. The molecule has 2 atom stereocenters. The molecule has 4 rings (SSSR count). The Balaban J connectivity index is 1.52. The molecule has 0 unspecified atom stereocenters. The van der Waals surface area contributed by atoms with E-state index in [1.165, 1.54) is 6.33 Å². The summed E-state index contributed by atoms with van der Waals surface area (Å²) in [5.74, 6) is -0.208. The van der Waals surface area contributed by atoms with Crippen LogP contribution < -0.4 is 5.32 Å². The van der Waals surface area contributed by atoms with Crippen LogP contribution in [0.15, 0.2) is 61.2 Å². The van der Waals surface area contributed by atoms with E-state index in [1.807, 2.05) is 36.4 Å². The van der Waals surface area contributed by atoms with Crippen molar-refractivity contribution in [2.45, 2.75) is 18.6 Å². The first kappa shape index (κ1) is 14.6. The highest BCUT2D eigenvalue weighted by atomic mass is 16.3. The van der Waals surface area contributed by atoms with Gasteiger partial charge in [0.1, 0.15) is 12.7 Å². The number of nitrogens with zero attached hydrogens (tertiary/aromatic N) is 3. The number of carbonyl (C=O) groups excluding carboxylic acids is 1. The molecule has 0 fully saturated rings. The Hall–Kier alpha value is -2.99. The Labute approximate surface area is 138 Å². The standard InChI is InChI=1S/C18H16N4O2/c23-16-9-13-3-1-2-4-15(13)17(16)21-18(24)12-5-7-14(8-6-12)22-11-19-10-20-22/h1-8,10-11,16-17,23H,9H2,(H,21,24)/t16-,17+/m0/s1. The van der Waals surface area contributed by atoms with E-state index in [-0.39, 0.29) is 11.9 Å². The lowest BCUT2D eigenvalue weighted by Gasteiger charge is -2.18. The van der Waals surface area contributed by atoms with Gasteiger partial charge in [0.15, 0.2) is 0 Å². The molecule has 0 aliphatic heterocycles. The molecule has 6 nitrogen and oxygen atoms in total. The van der Waals surface area contributed by atoms with Crippen molar-refractivity contribution in [3.05, 3.63) is 77.9 Å². The summed E-state index contributed by atoms with van der Waals surface area (Å²) in [7, 11) is 0. The van der Waals surface area contributed by atoms with Gasteiger partial charge in [-0.2, -0.15) is 5.10 Å². The average molecular weight is 320 g/mol. The molecule has 0 radical (unpaired) electrons. The molecular weight excluding hydrogens is 304 g/mol. The predicted molar refractivity (Wildman–Crippen MR) is 87.7 cm³/mol. The minimum absolute atomic E-state index is 0.208. The summed E-state index contributed by atoms with van der Waals surface area (Å²) in [6.45, 7) is 0. The normalized spacial score (nSPS) is 19.0. The van der Waals surface area contributed by atoms with Crippen molar-refractivity contribution in [3.63, 3.8) is 0 Å². The molecule has 120 valence electrons. The minimum atomic E-state index is -0.597. The SMILES string of the molecule is O=C(N[C@@H]1c2ccccc2C[C@@H]1O)c1ccc(-n2cncn2)cc1. The number of aromatic nitrogens is 3. The molecule has 1 aliphatic rings. The largest absolute Gasteiger partial charge is 0.390 e. The molecule has 1 amide bonds. The fourth-order valence-electron chi connectivity index (χ4n) is 3.08. The highest BCUT2D eigenvalue weighted by Crippen LogP contribution is 2.31. The van der Waals surface area contributed by atoms with Gasteiger partial charge >= 0.3 is 0 Å². The van der Waals surface area contributed by atoms with Crippen LogP contribution in [0.4, 0.5) is 0 Å². The molecule has 0 bridgehead atoms. The van der Waals surface area contributed by atoms with E-state index in [1.54, 1.807) is 23.1 Å². The smallest absolute Gasteiger partial charge is 0.251 e. The van der Waals surface area contributed by atoms with E-state index in [0.29, 0.717) is 12.0 Å². The van der Waals surface area contributed by atoms with Crippen LogP contribution in [0.25, 0.3) is 5.69 Å². The first-order valence-corrected chi connectivity index (χ1v) is 7.74. The summed E-state index contributed by atoms with van der Waals surface area (Å²) in [5, 5.41) is 17.2. The average Bonchev–Trinajstić information content (AvgIpc) is 3.24. The van der Waals surface area contributed by atoms with Crippen LogP contribution in [0.3, 0.4) is 0 Å². The zero-order chi connectivity index (χ0) is 16.5. The third-order valence-corrected chi connectivity index (χ3v) is 4.30. The highest BCUT2D eigenvalue weighted by Gasteiger charge is 2.31. The van der Waals surface area contributed by atoms with Crippen molar-refractivity contribution in [3.8, 4) is 5.69 Å². The number of nitrogens with one attached hydrogen (secondary N) is 1. The number of benzene rings is 2. The second kappa shape index (κ2) is 5.90. The van der Waals surface area contributed by atoms with E-state index in [4.69, 9.17) is 0 Å².